The monoisotopic (exact) mass is 513 g/mol. The maximum absolute atomic E-state index is 13.2. The van der Waals surface area contributed by atoms with Gasteiger partial charge in [0.2, 0.25) is 0 Å². The van der Waals surface area contributed by atoms with Crippen LogP contribution in [-0.4, -0.2) is 30.4 Å². The Bertz CT molecular complexity index is 1230. The molecule has 0 saturated heterocycles. The lowest BCUT2D eigenvalue weighted by Crippen LogP contribution is -2.34. The minimum atomic E-state index is -0.279. The molecule has 1 fully saturated rings. The highest BCUT2D eigenvalue weighted by Gasteiger charge is 2.66. The summed E-state index contributed by atoms with van der Waals surface area (Å²) in [5.41, 5.74) is 7.26. The van der Waals surface area contributed by atoms with Gasteiger partial charge in [-0.1, -0.05) is 60.6 Å². The highest BCUT2D eigenvalue weighted by molar-refractivity contribution is 5.99. The van der Waals surface area contributed by atoms with E-state index in [0.29, 0.717) is 24.9 Å². The number of nitrogens with one attached hydrogen (secondary N) is 1. The van der Waals surface area contributed by atoms with Crippen LogP contribution in [0.25, 0.3) is 0 Å². The number of nitrogens with zero attached hydrogens (tertiary/aromatic N) is 2. The Morgan fingerprint density at radius 3 is 2.79 bits per heavy atom. The third-order valence-electron chi connectivity index (χ3n) is 8.36. The van der Waals surface area contributed by atoms with Crippen molar-refractivity contribution in [1.29, 1.82) is 0 Å². The van der Waals surface area contributed by atoms with E-state index in [1.54, 1.807) is 0 Å². The SMILES string of the molecule is C=CCCNC1=CC=C(C23CC2C(CC(C(=O)OCC)C2=CC=CC(C)C2)=NN3c2ccc(C)cc2)CC1.[HH]. The summed E-state index contributed by atoms with van der Waals surface area (Å²) in [6.07, 6.45) is 18.5. The van der Waals surface area contributed by atoms with Gasteiger partial charge < -0.3 is 10.1 Å². The van der Waals surface area contributed by atoms with Crippen molar-refractivity contribution < 1.29 is 11.0 Å². The average Bonchev–Trinajstić information content (AvgIpc) is 3.59. The van der Waals surface area contributed by atoms with Gasteiger partial charge in [0.1, 0.15) is 0 Å². The van der Waals surface area contributed by atoms with Gasteiger partial charge in [-0.25, -0.2) is 0 Å². The standard InChI is InChI=1S/C33H41N3O2.H2/c1-5-7-19-34-27-15-13-26(14-16-27)33-22-30(33)31(35-36(33)28-17-11-23(3)12-18-28)21-29(32(37)38-6-2)25-10-8-9-24(4)20-25;/h5,8-13,15,17-18,24,29-30,34H,1,6-7,14,16,19-22H2,2-4H3;1H. The van der Waals surface area contributed by atoms with Gasteiger partial charge in [-0.15, -0.1) is 6.58 Å². The first-order valence-electron chi connectivity index (χ1n) is 14.2. The van der Waals surface area contributed by atoms with Gasteiger partial charge in [-0.05, 0) is 75.7 Å². The zero-order valence-corrected chi connectivity index (χ0v) is 23.1. The first-order valence-corrected chi connectivity index (χ1v) is 14.2. The number of benzene rings is 1. The number of aryl methyl sites for hydroxylation is 1. The van der Waals surface area contributed by atoms with Gasteiger partial charge in [0, 0.05) is 31.7 Å². The van der Waals surface area contributed by atoms with Crippen LogP contribution in [0.5, 0.6) is 0 Å². The third kappa shape index (κ3) is 5.16. The molecule has 1 aliphatic heterocycles. The van der Waals surface area contributed by atoms with Crippen LogP contribution >= 0.6 is 0 Å². The van der Waals surface area contributed by atoms with Crippen molar-refractivity contribution >= 4 is 17.4 Å². The largest absolute Gasteiger partial charge is 0.466 e. The molecule has 5 rings (SSSR count). The summed E-state index contributed by atoms with van der Waals surface area (Å²) in [7, 11) is 0. The maximum Gasteiger partial charge on any atom is 0.313 e. The zero-order valence-electron chi connectivity index (χ0n) is 23.1. The van der Waals surface area contributed by atoms with Crippen molar-refractivity contribution in [2.75, 3.05) is 18.2 Å². The van der Waals surface area contributed by atoms with Crippen molar-refractivity contribution in [3.8, 4) is 0 Å². The van der Waals surface area contributed by atoms with Crippen LogP contribution < -0.4 is 10.3 Å². The fourth-order valence-electron chi connectivity index (χ4n) is 6.25. The lowest BCUT2D eigenvalue weighted by Gasteiger charge is -2.31. The smallest absolute Gasteiger partial charge is 0.313 e. The number of hydrogen-bond acceptors (Lipinski definition) is 5. The normalized spacial score (nSPS) is 26.4. The summed E-state index contributed by atoms with van der Waals surface area (Å²) in [6.45, 7) is 11.3. The number of esters is 1. The van der Waals surface area contributed by atoms with E-state index in [0.717, 1.165) is 55.6 Å². The number of anilines is 1. The highest BCUT2D eigenvalue weighted by Crippen LogP contribution is 2.61. The quantitative estimate of drug-likeness (QED) is 0.196. The highest BCUT2D eigenvalue weighted by atomic mass is 16.5. The molecule has 5 nitrogen and oxygen atoms in total. The van der Waals surface area contributed by atoms with Crippen molar-refractivity contribution in [2.24, 2.45) is 22.9 Å². The van der Waals surface area contributed by atoms with E-state index < -0.39 is 0 Å². The first kappa shape index (κ1) is 26.3. The number of hydrazone groups is 1. The molecule has 1 aromatic carbocycles. The lowest BCUT2D eigenvalue weighted by molar-refractivity contribution is -0.146. The Balaban J connectivity index is 0.00000353. The summed E-state index contributed by atoms with van der Waals surface area (Å²) in [6, 6.07) is 8.68. The summed E-state index contributed by atoms with van der Waals surface area (Å²) < 4.78 is 5.57. The average molecular weight is 514 g/mol. The number of ether oxygens (including phenoxy) is 1. The second-order valence-electron chi connectivity index (χ2n) is 11.1. The Labute approximate surface area is 229 Å². The molecule has 0 aromatic heterocycles. The molecule has 5 heteroatoms. The molecule has 38 heavy (non-hydrogen) atoms. The molecule has 0 amide bonds. The minimum absolute atomic E-state index is 0. The molecule has 0 radical (unpaired) electrons. The van der Waals surface area contributed by atoms with Crippen LogP contribution in [0, 0.1) is 24.7 Å². The summed E-state index contributed by atoms with van der Waals surface area (Å²) in [5, 5.41) is 11.1. The van der Waals surface area contributed by atoms with Crippen LogP contribution in [0.15, 0.2) is 89.2 Å². The van der Waals surface area contributed by atoms with E-state index in [2.05, 4.69) is 85.4 Å². The predicted molar refractivity (Wildman–Crippen MR) is 158 cm³/mol. The van der Waals surface area contributed by atoms with E-state index in [9.17, 15) is 4.79 Å². The molecular weight excluding hydrogens is 470 g/mol. The van der Waals surface area contributed by atoms with Crippen LogP contribution in [0.1, 0.15) is 59.4 Å². The number of carbonyl (C=O) groups excluding carboxylic acids is 1. The fraction of sp³-hybridized carbons (Fsp3) is 0.455. The second-order valence-corrected chi connectivity index (χ2v) is 11.1. The molecule has 1 N–H and O–H groups in total. The first-order chi connectivity index (χ1) is 18.5. The van der Waals surface area contributed by atoms with Crippen molar-refractivity contribution in [1.82, 2.24) is 5.32 Å². The molecule has 0 spiro atoms. The Morgan fingerprint density at radius 2 is 2.11 bits per heavy atom. The molecule has 4 unspecified atom stereocenters. The molecule has 1 aromatic rings. The van der Waals surface area contributed by atoms with Crippen molar-refractivity contribution in [2.45, 2.75) is 64.8 Å². The number of rotatable bonds is 11. The Kier molecular flexibility index (Phi) is 7.73. The molecule has 0 bridgehead atoms. The van der Waals surface area contributed by atoms with Crippen LogP contribution in [0.2, 0.25) is 0 Å². The van der Waals surface area contributed by atoms with Crippen molar-refractivity contribution in [3.05, 3.63) is 89.7 Å². The van der Waals surface area contributed by atoms with Crippen LogP contribution in [0.3, 0.4) is 0 Å². The van der Waals surface area contributed by atoms with E-state index >= 15 is 0 Å². The van der Waals surface area contributed by atoms with Gasteiger partial charge in [-0.2, -0.15) is 5.10 Å². The summed E-state index contributed by atoms with van der Waals surface area (Å²) in [5.74, 6) is 0.347. The molecule has 3 aliphatic carbocycles. The zero-order chi connectivity index (χ0) is 26.7. The number of carbonyl (C=O) groups is 1. The van der Waals surface area contributed by atoms with Crippen LogP contribution in [0.4, 0.5) is 5.69 Å². The van der Waals surface area contributed by atoms with E-state index in [1.165, 1.54) is 16.8 Å². The number of allylic oxidation sites excluding steroid dienone is 6. The van der Waals surface area contributed by atoms with E-state index in [4.69, 9.17) is 9.84 Å². The third-order valence-corrected chi connectivity index (χ3v) is 8.36. The maximum atomic E-state index is 13.2. The van der Waals surface area contributed by atoms with E-state index in [-0.39, 0.29) is 18.9 Å². The van der Waals surface area contributed by atoms with Gasteiger partial charge in [-0.3, -0.25) is 9.80 Å². The predicted octanol–water partition coefficient (Wildman–Crippen LogP) is 7.04. The topological polar surface area (TPSA) is 53.9 Å². The minimum Gasteiger partial charge on any atom is -0.466 e. The van der Waals surface area contributed by atoms with Gasteiger partial charge in [0.25, 0.3) is 0 Å². The molecule has 202 valence electrons. The van der Waals surface area contributed by atoms with Gasteiger partial charge in [0.05, 0.1) is 23.8 Å². The molecule has 1 heterocycles. The van der Waals surface area contributed by atoms with Crippen molar-refractivity contribution in [3.63, 3.8) is 0 Å². The van der Waals surface area contributed by atoms with Gasteiger partial charge >= 0.3 is 5.97 Å². The molecule has 4 atom stereocenters. The Hall–Kier alpha value is -3.34. The summed E-state index contributed by atoms with van der Waals surface area (Å²) >= 11 is 0. The van der Waals surface area contributed by atoms with Crippen LogP contribution in [-0.2, 0) is 9.53 Å². The lowest BCUT2D eigenvalue weighted by atomic mass is 9.83. The molecule has 1 saturated carbocycles. The Morgan fingerprint density at radius 1 is 1.29 bits per heavy atom. The fourth-order valence-corrected chi connectivity index (χ4v) is 6.25. The molecular formula is C33H43N3O2. The molecule has 4 aliphatic rings. The summed E-state index contributed by atoms with van der Waals surface area (Å²) in [4.78, 5) is 13.2. The number of fused-ring (bicyclic) bond motifs is 1. The van der Waals surface area contributed by atoms with E-state index in [1.807, 2.05) is 13.0 Å². The number of hydrogen-bond donors (Lipinski definition) is 1. The second kappa shape index (κ2) is 11.2. The van der Waals surface area contributed by atoms with Gasteiger partial charge in [0.15, 0.2) is 0 Å².